The fourth-order valence-electron chi connectivity index (χ4n) is 3.95. The van der Waals surface area contributed by atoms with Crippen LogP contribution in [0, 0.1) is 5.92 Å². The highest BCUT2D eigenvalue weighted by molar-refractivity contribution is 5.89. The number of rotatable bonds is 7. The number of aliphatic carboxylic acids is 1. The molecule has 0 aliphatic heterocycles. The second-order valence-electron chi connectivity index (χ2n) is 8.55. The van der Waals surface area contributed by atoms with Gasteiger partial charge in [-0.3, -0.25) is 4.79 Å². The fraction of sp³-hybridized carbons (Fsp3) is 0.179. The van der Waals surface area contributed by atoms with Crippen molar-refractivity contribution < 1.29 is 27.8 Å². The molecule has 0 spiro atoms. The lowest BCUT2D eigenvalue weighted by Gasteiger charge is -2.18. The van der Waals surface area contributed by atoms with Gasteiger partial charge in [0, 0.05) is 5.56 Å². The average Bonchev–Trinajstić information content (AvgIpc) is 2.82. The number of halogens is 3. The molecular weight excluding hydrogens is 455 g/mol. The Morgan fingerprint density at radius 2 is 1.63 bits per heavy atom. The largest absolute Gasteiger partial charge is 0.486 e. The van der Waals surface area contributed by atoms with Crippen molar-refractivity contribution in [2.45, 2.75) is 26.1 Å². The van der Waals surface area contributed by atoms with Gasteiger partial charge in [0.25, 0.3) is 0 Å². The van der Waals surface area contributed by atoms with Gasteiger partial charge in [0.1, 0.15) is 6.61 Å². The van der Waals surface area contributed by atoms with Crippen molar-refractivity contribution in [1.82, 2.24) is 0 Å². The molecule has 0 aliphatic rings. The van der Waals surface area contributed by atoms with Crippen molar-refractivity contribution in [1.29, 1.82) is 0 Å². The molecule has 0 aromatic heterocycles. The number of benzene rings is 4. The van der Waals surface area contributed by atoms with Crippen LogP contribution in [0.5, 0.6) is 5.75 Å². The number of hydrogen-bond donors (Lipinski definition) is 2. The number of ether oxygens (including phenoxy) is 1. The van der Waals surface area contributed by atoms with Crippen LogP contribution in [-0.4, -0.2) is 11.1 Å². The summed E-state index contributed by atoms with van der Waals surface area (Å²) in [6, 6.07) is 22.1. The van der Waals surface area contributed by atoms with E-state index in [0.29, 0.717) is 29.0 Å². The van der Waals surface area contributed by atoms with Crippen LogP contribution in [0.4, 0.5) is 18.9 Å². The predicted octanol–water partition coefficient (Wildman–Crippen LogP) is 6.95. The Labute approximate surface area is 200 Å². The first-order chi connectivity index (χ1) is 16.6. The number of carboxylic acid groups (broad SMARTS) is 1. The zero-order valence-corrected chi connectivity index (χ0v) is 19.0. The van der Waals surface area contributed by atoms with Crippen molar-refractivity contribution in [3.8, 4) is 16.9 Å². The molecule has 35 heavy (non-hydrogen) atoms. The fourth-order valence-corrected chi connectivity index (χ4v) is 3.95. The zero-order chi connectivity index (χ0) is 25.2. The lowest BCUT2D eigenvalue weighted by Crippen LogP contribution is -2.12. The molecule has 4 rings (SSSR count). The standard InChI is InChI=1S/C28H24F3NO3/c1-17(27(33)34)12-19-13-24(22-9-8-20-4-2-3-5-21(20)15-22)26(25(32)14-19)35-16-18-6-10-23(11-7-18)28(29,30)31/h2-11,13-15,17H,12,16,32H2,1H3,(H,33,34). The molecule has 0 saturated heterocycles. The van der Waals surface area contributed by atoms with Crippen molar-refractivity contribution in [3.63, 3.8) is 0 Å². The van der Waals surface area contributed by atoms with Gasteiger partial charge in [-0.15, -0.1) is 0 Å². The average molecular weight is 479 g/mol. The van der Waals surface area contributed by atoms with Crippen LogP contribution < -0.4 is 10.5 Å². The maximum absolute atomic E-state index is 12.9. The van der Waals surface area contributed by atoms with E-state index in [1.165, 1.54) is 12.1 Å². The lowest BCUT2D eigenvalue weighted by atomic mass is 9.94. The third-order valence-corrected chi connectivity index (χ3v) is 5.87. The topological polar surface area (TPSA) is 72.5 Å². The summed E-state index contributed by atoms with van der Waals surface area (Å²) in [6.45, 7) is 1.65. The number of hydrogen-bond acceptors (Lipinski definition) is 3. The Morgan fingerprint density at radius 3 is 2.29 bits per heavy atom. The van der Waals surface area contributed by atoms with Crippen molar-refractivity contribution in [2.24, 2.45) is 5.92 Å². The first-order valence-electron chi connectivity index (χ1n) is 11.0. The van der Waals surface area contributed by atoms with Gasteiger partial charge in [-0.05, 0) is 64.2 Å². The first kappa shape index (κ1) is 24.1. The van der Waals surface area contributed by atoms with E-state index in [1.807, 2.05) is 48.5 Å². The minimum atomic E-state index is -4.41. The molecule has 4 nitrogen and oxygen atoms in total. The maximum Gasteiger partial charge on any atom is 0.416 e. The monoisotopic (exact) mass is 479 g/mol. The lowest BCUT2D eigenvalue weighted by molar-refractivity contribution is -0.141. The molecule has 1 atom stereocenters. The maximum atomic E-state index is 12.9. The van der Waals surface area contributed by atoms with Crippen LogP contribution in [0.2, 0.25) is 0 Å². The summed E-state index contributed by atoms with van der Waals surface area (Å²) in [5.74, 6) is -1.11. The highest BCUT2D eigenvalue weighted by atomic mass is 19.4. The van der Waals surface area contributed by atoms with Gasteiger partial charge < -0.3 is 15.6 Å². The summed E-state index contributed by atoms with van der Waals surface area (Å²) in [4.78, 5) is 11.4. The number of anilines is 1. The molecule has 0 radical (unpaired) electrons. The minimum Gasteiger partial charge on any atom is -0.486 e. The molecule has 0 bridgehead atoms. The minimum absolute atomic E-state index is 0.0216. The zero-order valence-electron chi connectivity index (χ0n) is 19.0. The number of nitrogens with two attached hydrogens (primary N) is 1. The van der Waals surface area contributed by atoms with Crippen LogP contribution in [0.15, 0.2) is 78.9 Å². The molecule has 4 aromatic rings. The molecule has 180 valence electrons. The third kappa shape index (κ3) is 5.57. The van der Waals surface area contributed by atoms with Gasteiger partial charge >= 0.3 is 12.1 Å². The number of fused-ring (bicyclic) bond motifs is 1. The van der Waals surface area contributed by atoms with Crippen molar-refractivity contribution in [2.75, 3.05) is 5.73 Å². The second-order valence-corrected chi connectivity index (χ2v) is 8.55. The van der Waals surface area contributed by atoms with Gasteiger partial charge in [-0.25, -0.2) is 0 Å². The Balaban J connectivity index is 1.71. The smallest absolute Gasteiger partial charge is 0.416 e. The van der Waals surface area contributed by atoms with E-state index in [9.17, 15) is 23.1 Å². The number of carboxylic acids is 1. The molecule has 0 fully saturated rings. The highest BCUT2D eigenvalue weighted by Gasteiger charge is 2.30. The van der Waals surface area contributed by atoms with Gasteiger partial charge in [0.15, 0.2) is 5.75 Å². The van der Waals surface area contributed by atoms with Gasteiger partial charge in [0.2, 0.25) is 0 Å². The molecule has 1 unspecified atom stereocenters. The first-order valence-corrected chi connectivity index (χ1v) is 11.0. The van der Waals surface area contributed by atoms with Crippen molar-refractivity contribution in [3.05, 3.63) is 95.6 Å². The second kappa shape index (κ2) is 9.70. The van der Waals surface area contributed by atoms with E-state index >= 15 is 0 Å². The summed E-state index contributed by atoms with van der Waals surface area (Å²) >= 11 is 0. The molecule has 0 saturated carbocycles. The Morgan fingerprint density at radius 1 is 0.943 bits per heavy atom. The molecule has 4 aromatic carbocycles. The van der Waals surface area contributed by atoms with Gasteiger partial charge in [-0.1, -0.05) is 55.5 Å². The summed E-state index contributed by atoms with van der Waals surface area (Å²) in [7, 11) is 0. The normalized spacial score (nSPS) is 12.5. The summed E-state index contributed by atoms with van der Waals surface area (Å²) in [5.41, 5.74) is 8.79. The van der Waals surface area contributed by atoms with Gasteiger partial charge in [-0.2, -0.15) is 13.2 Å². The Bertz CT molecular complexity index is 1360. The molecule has 7 heteroatoms. The van der Waals surface area contributed by atoms with E-state index in [1.54, 1.807) is 13.0 Å². The molecule has 0 aliphatic carbocycles. The van der Waals surface area contributed by atoms with Crippen LogP contribution in [0.25, 0.3) is 21.9 Å². The van der Waals surface area contributed by atoms with Crippen LogP contribution >= 0.6 is 0 Å². The van der Waals surface area contributed by atoms with E-state index in [-0.39, 0.29) is 6.61 Å². The van der Waals surface area contributed by atoms with Gasteiger partial charge in [0.05, 0.1) is 17.2 Å². The van der Waals surface area contributed by atoms with Crippen LogP contribution in [0.1, 0.15) is 23.6 Å². The van der Waals surface area contributed by atoms with E-state index in [0.717, 1.165) is 34.0 Å². The summed E-state index contributed by atoms with van der Waals surface area (Å²) in [6.07, 6.45) is -4.12. The summed E-state index contributed by atoms with van der Waals surface area (Å²) in [5, 5.41) is 11.4. The van der Waals surface area contributed by atoms with E-state index in [2.05, 4.69) is 0 Å². The number of alkyl halides is 3. The molecule has 0 amide bonds. The number of nitrogen functional groups attached to an aromatic ring is 1. The predicted molar refractivity (Wildman–Crippen MR) is 130 cm³/mol. The highest BCUT2D eigenvalue weighted by Crippen LogP contribution is 2.39. The van der Waals surface area contributed by atoms with Crippen molar-refractivity contribution >= 4 is 22.4 Å². The Kier molecular flexibility index (Phi) is 6.69. The summed E-state index contributed by atoms with van der Waals surface area (Å²) < 4.78 is 44.6. The molecular formula is C28H24F3NO3. The Hall–Kier alpha value is -4.00. The third-order valence-electron chi connectivity index (χ3n) is 5.87. The quantitative estimate of drug-likeness (QED) is 0.281. The number of carbonyl (C=O) groups is 1. The molecule has 0 heterocycles. The SMILES string of the molecule is CC(Cc1cc(N)c(OCc2ccc(C(F)(F)F)cc2)c(-c2ccc3ccccc3c2)c1)C(=O)O. The van der Waals surface area contributed by atoms with E-state index in [4.69, 9.17) is 10.5 Å². The van der Waals surface area contributed by atoms with Crippen LogP contribution in [0.3, 0.4) is 0 Å². The van der Waals surface area contributed by atoms with Crippen LogP contribution in [-0.2, 0) is 24.0 Å². The van der Waals surface area contributed by atoms with E-state index < -0.39 is 23.6 Å². The molecule has 3 N–H and O–H groups in total.